The Morgan fingerprint density at radius 2 is 1.45 bits per heavy atom. The Balaban J connectivity index is 1.84. The number of hydrogen-bond acceptors (Lipinski definition) is 0. The second-order valence-corrected chi connectivity index (χ2v) is 6.35. The van der Waals surface area contributed by atoms with Gasteiger partial charge in [0.15, 0.2) is 0 Å². The molecule has 2 bridgehead atoms. The van der Waals surface area contributed by atoms with Crippen molar-refractivity contribution >= 4 is 0 Å². The van der Waals surface area contributed by atoms with Gasteiger partial charge < -0.3 is 0 Å². The van der Waals surface area contributed by atoms with Crippen LogP contribution >= 0.6 is 0 Å². The lowest BCUT2D eigenvalue weighted by atomic mass is 9.68. The van der Waals surface area contributed by atoms with E-state index < -0.39 is 0 Å². The first-order chi connectivity index (χ1) is 9.87. The molecule has 0 aliphatic heterocycles. The van der Waals surface area contributed by atoms with Crippen LogP contribution in [0.15, 0.2) is 72.8 Å². The maximum atomic E-state index is 2.52. The predicted molar refractivity (Wildman–Crippen MR) is 83.6 cm³/mol. The van der Waals surface area contributed by atoms with Gasteiger partial charge in [0.2, 0.25) is 0 Å². The maximum absolute atomic E-state index is 2.52. The minimum absolute atomic E-state index is 0.355. The molecule has 0 radical (unpaired) electrons. The van der Waals surface area contributed by atoms with E-state index in [1.165, 1.54) is 30.4 Å². The molecule has 0 spiro atoms. The third-order valence-corrected chi connectivity index (χ3v) is 5.16. The lowest BCUT2D eigenvalue weighted by Gasteiger charge is -2.35. The van der Waals surface area contributed by atoms with Gasteiger partial charge in [-0.3, -0.25) is 0 Å². The molecule has 2 aromatic rings. The Hall–Kier alpha value is -1.82. The monoisotopic (exact) mass is 260 g/mol. The van der Waals surface area contributed by atoms with Gasteiger partial charge in [0, 0.05) is 5.92 Å². The lowest BCUT2D eigenvalue weighted by Crippen LogP contribution is -2.23. The first kappa shape index (κ1) is 12.0. The van der Waals surface area contributed by atoms with Crippen molar-refractivity contribution in [3.05, 3.63) is 83.9 Å². The maximum Gasteiger partial charge on any atom is 0.0181 e. The Bertz CT molecular complexity index is 572. The molecule has 4 rings (SSSR count). The molecule has 2 unspecified atom stereocenters. The lowest BCUT2D eigenvalue weighted by molar-refractivity contribution is 0.352. The fourth-order valence-corrected chi connectivity index (χ4v) is 4.30. The van der Waals surface area contributed by atoms with E-state index in [4.69, 9.17) is 0 Å². The highest BCUT2D eigenvalue weighted by molar-refractivity contribution is 5.39. The van der Waals surface area contributed by atoms with Gasteiger partial charge in [0.25, 0.3) is 0 Å². The summed E-state index contributed by atoms with van der Waals surface area (Å²) in [5, 5.41) is 0. The summed E-state index contributed by atoms with van der Waals surface area (Å²) in [7, 11) is 0. The molecule has 2 atom stereocenters. The third kappa shape index (κ3) is 1.83. The molecule has 20 heavy (non-hydrogen) atoms. The highest BCUT2D eigenvalue weighted by Gasteiger charge is 2.47. The van der Waals surface area contributed by atoms with E-state index in [2.05, 4.69) is 72.8 Å². The molecule has 0 heterocycles. The number of hydrogen-bond donors (Lipinski definition) is 0. The van der Waals surface area contributed by atoms with Crippen molar-refractivity contribution in [1.82, 2.24) is 0 Å². The first-order valence-corrected chi connectivity index (χ1v) is 7.67. The van der Waals surface area contributed by atoms with Gasteiger partial charge in [-0.1, -0.05) is 72.8 Å². The average Bonchev–Trinajstić information content (AvgIpc) is 3.11. The minimum Gasteiger partial charge on any atom is -0.0848 e. The second kappa shape index (κ2) is 4.63. The molecule has 2 aromatic carbocycles. The number of benzene rings is 2. The summed E-state index contributed by atoms with van der Waals surface area (Å²) in [4.78, 5) is 0. The van der Waals surface area contributed by atoms with Crippen LogP contribution < -0.4 is 0 Å². The van der Waals surface area contributed by atoms with Crippen molar-refractivity contribution in [2.45, 2.75) is 25.2 Å². The Morgan fingerprint density at radius 3 is 1.85 bits per heavy atom. The molecule has 2 aliphatic rings. The van der Waals surface area contributed by atoms with Crippen molar-refractivity contribution in [2.24, 2.45) is 11.3 Å². The summed E-state index contributed by atoms with van der Waals surface area (Å²) in [6, 6.07) is 22.1. The van der Waals surface area contributed by atoms with Crippen molar-refractivity contribution in [3.63, 3.8) is 0 Å². The molecule has 100 valence electrons. The van der Waals surface area contributed by atoms with Crippen LogP contribution in [0, 0.1) is 11.3 Å². The van der Waals surface area contributed by atoms with E-state index in [0.717, 1.165) is 5.92 Å². The van der Waals surface area contributed by atoms with E-state index in [9.17, 15) is 0 Å². The molecular formula is C20H20. The van der Waals surface area contributed by atoms with E-state index >= 15 is 0 Å². The van der Waals surface area contributed by atoms with E-state index in [1.54, 1.807) is 0 Å². The van der Waals surface area contributed by atoms with Gasteiger partial charge in [-0.25, -0.2) is 0 Å². The van der Waals surface area contributed by atoms with Crippen LogP contribution in [0.2, 0.25) is 0 Å². The highest BCUT2D eigenvalue weighted by Crippen LogP contribution is 2.58. The van der Waals surface area contributed by atoms with E-state index in [1.807, 2.05) is 0 Å². The quantitative estimate of drug-likeness (QED) is 0.667. The fraction of sp³-hybridized carbons (Fsp3) is 0.300. The summed E-state index contributed by atoms with van der Waals surface area (Å²) in [6.45, 7) is 0. The van der Waals surface area contributed by atoms with Crippen molar-refractivity contribution in [2.75, 3.05) is 0 Å². The number of allylic oxidation sites excluding steroid dienone is 2. The Morgan fingerprint density at radius 1 is 0.850 bits per heavy atom. The van der Waals surface area contributed by atoms with Crippen LogP contribution in [0.1, 0.15) is 36.3 Å². The largest absolute Gasteiger partial charge is 0.0848 e. The topological polar surface area (TPSA) is 0 Å². The van der Waals surface area contributed by atoms with Gasteiger partial charge in [0.05, 0.1) is 0 Å². The Kier molecular flexibility index (Phi) is 2.77. The highest BCUT2D eigenvalue weighted by atomic mass is 14.5. The van der Waals surface area contributed by atoms with Gasteiger partial charge >= 0.3 is 0 Å². The van der Waals surface area contributed by atoms with Gasteiger partial charge in [-0.15, -0.1) is 0 Å². The first-order valence-electron chi connectivity index (χ1n) is 7.67. The van der Waals surface area contributed by atoms with E-state index in [-0.39, 0.29) is 0 Å². The number of rotatable bonds is 3. The Labute approximate surface area is 121 Å². The molecule has 1 fully saturated rings. The zero-order valence-electron chi connectivity index (χ0n) is 11.7. The molecule has 0 N–H and O–H groups in total. The summed E-state index contributed by atoms with van der Waals surface area (Å²) < 4.78 is 0. The summed E-state index contributed by atoms with van der Waals surface area (Å²) in [5.41, 5.74) is 3.28. The zero-order valence-corrected chi connectivity index (χ0v) is 11.7. The van der Waals surface area contributed by atoms with Gasteiger partial charge in [-0.2, -0.15) is 0 Å². The van der Waals surface area contributed by atoms with Crippen LogP contribution in [0.4, 0.5) is 0 Å². The summed E-state index contributed by atoms with van der Waals surface area (Å²) in [6.07, 6.45) is 9.02. The van der Waals surface area contributed by atoms with Crippen LogP contribution in [0.3, 0.4) is 0 Å². The van der Waals surface area contributed by atoms with Gasteiger partial charge in [-0.05, 0) is 41.7 Å². The standard InChI is InChI=1S/C20H20/c1-3-7-17(8-4-1)19(18-9-5-2-6-10-18)20-13-11-16(15-20)12-14-20/h1-11,13,16,19H,12,14-15H2. The molecule has 0 amide bonds. The molecule has 2 aliphatic carbocycles. The van der Waals surface area contributed by atoms with Crippen LogP contribution in [0.5, 0.6) is 0 Å². The molecule has 1 saturated carbocycles. The van der Waals surface area contributed by atoms with E-state index in [0.29, 0.717) is 11.3 Å². The van der Waals surface area contributed by atoms with Crippen molar-refractivity contribution in [3.8, 4) is 0 Å². The smallest absolute Gasteiger partial charge is 0.0181 e. The molecule has 0 heteroatoms. The summed E-state index contributed by atoms with van der Waals surface area (Å²) >= 11 is 0. The predicted octanol–water partition coefficient (Wildman–Crippen LogP) is 5.17. The molecule has 0 nitrogen and oxygen atoms in total. The normalized spacial score (nSPS) is 27.4. The summed E-state index contributed by atoms with van der Waals surface area (Å²) in [5.74, 6) is 1.33. The fourth-order valence-electron chi connectivity index (χ4n) is 4.30. The van der Waals surface area contributed by atoms with Crippen molar-refractivity contribution in [1.29, 1.82) is 0 Å². The average molecular weight is 260 g/mol. The van der Waals surface area contributed by atoms with Crippen molar-refractivity contribution < 1.29 is 0 Å². The molecular weight excluding hydrogens is 240 g/mol. The minimum atomic E-state index is 0.355. The van der Waals surface area contributed by atoms with Crippen LogP contribution in [-0.2, 0) is 0 Å². The van der Waals surface area contributed by atoms with Crippen LogP contribution in [-0.4, -0.2) is 0 Å². The third-order valence-electron chi connectivity index (χ3n) is 5.16. The second-order valence-electron chi connectivity index (χ2n) is 6.35. The molecule has 0 saturated heterocycles. The SMILES string of the molecule is C1=CC2(C(c3ccccc3)c3ccccc3)CCC1C2. The number of fused-ring (bicyclic) bond motifs is 2. The molecule has 0 aromatic heterocycles. The zero-order chi connectivity index (χ0) is 13.4. The van der Waals surface area contributed by atoms with Crippen LogP contribution in [0.25, 0.3) is 0 Å². The van der Waals surface area contributed by atoms with Gasteiger partial charge in [0.1, 0.15) is 0 Å².